The lowest BCUT2D eigenvalue weighted by atomic mass is 9.91. The number of hydrogen-bond acceptors (Lipinski definition) is 6. The number of carbonyl (C=O) groups is 2. The Bertz CT molecular complexity index is 1030. The zero-order chi connectivity index (χ0) is 21.7. The lowest BCUT2D eigenvalue weighted by molar-refractivity contribution is -0.143. The van der Waals surface area contributed by atoms with Gasteiger partial charge in [0.15, 0.2) is 11.5 Å². The number of halogens is 1. The molecule has 0 bridgehead atoms. The molecule has 0 spiro atoms. The largest absolute Gasteiger partial charge is 0.505 e. The topological polar surface area (TPSA) is 91.2 Å². The highest BCUT2D eigenvalue weighted by molar-refractivity contribution is 6.33. The molecular weight excluding hydrogens is 406 g/mol. The van der Waals surface area contributed by atoms with Crippen molar-refractivity contribution in [2.45, 2.75) is 20.4 Å². The molecule has 8 heteroatoms. The fraction of sp³-hybridized carbons (Fsp3) is 0.227. The van der Waals surface area contributed by atoms with Gasteiger partial charge in [-0.2, -0.15) is 5.10 Å². The summed E-state index contributed by atoms with van der Waals surface area (Å²) >= 11 is 6.39. The van der Waals surface area contributed by atoms with E-state index in [-0.39, 0.29) is 31.2 Å². The first-order valence-corrected chi connectivity index (χ1v) is 9.86. The van der Waals surface area contributed by atoms with E-state index in [0.29, 0.717) is 10.6 Å². The van der Waals surface area contributed by atoms with Gasteiger partial charge in [0.05, 0.1) is 13.2 Å². The van der Waals surface area contributed by atoms with Crippen LogP contribution in [-0.4, -0.2) is 41.4 Å². The average molecular weight is 428 g/mol. The molecule has 2 N–H and O–H groups in total. The van der Waals surface area contributed by atoms with Crippen LogP contribution in [0.3, 0.4) is 0 Å². The van der Waals surface area contributed by atoms with Crippen molar-refractivity contribution in [3.05, 3.63) is 64.3 Å². The number of rotatable bonds is 6. The number of hydrazone groups is 1. The molecular formula is C22H22ClN3O4. The van der Waals surface area contributed by atoms with Gasteiger partial charge in [-0.25, -0.2) is 0 Å². The van der Waals surface area contributed by atoms with Gasteiger partial charge in [-0.15, -0.1) is 0 Å². The highest BCUT2D eigenvalue weighted by Crippen LogP contribution is 2.38. The van der Waals surface area contributed by atoms with Crippen LogP contribution in [0.4, 0.5) is 0 Å². The van der Waals surface area contributed by atoms with E-state index in [1.807, 2.05) is 24.3 Å². The lowest BCUT2D eigenvalue weighted by Crippen LogP contribution is -2.38. The summed E-state index contributed by atoms with van der Waals surface area (Å²) in [6.45, 7) is 3.54. The average Bonchev–Trinajstić information content (AvgIpc) is 2.73. The van der Waals surface area contributed by atoms with Gasteiger partial charge >= 0.3 is 5.97 Å². The van der Waals surface area contributed by atoms with Gasteiger partial charge in [-0.05, 0) is 31.0 Å². The van der Waals surface area contributed by atoms with Crippen LogP contribution in [-0.2, 0) is 20.9 Å². The molecule has 0 aliphatic carbocycles. The molecule has 1 aliphatic rings. The van der Waals surface area contributed by atoms with E-state index >= 15 is 0 Å². The molecule has 0 saturated carbocycles. The summed E-state index contributed by atoms with van der Waals surface area (Å²) in [5.41, 5.74) is 2.92. The number of aliphatic hydroxyl groups excluding tert-OH is 1. The molecule has 1 aliphatic heterocycles. The molecule has 0 fully saturated rings. The van der Waals surface area contributed by atoms with E-state index in [0.717, 1.165) is 16.7 Å². The van der Waals surface area contributed by atoms with E-state index in [1.54, 1.807) is 32.0 Å². The Kier molecular flexibility index (Phi) is 6.74. The van der Waals surface area contributed by atoms with Crippen molar-refractivity contribution in [1.82, 2.24) is 10.3 Å². The van der Waals surface area contributed by atoms with E-state index in [9.17, 15) is 14.7 Å². The van der Waals surface area contributed by atoms with Gasteiger partial charge in [0.25, 0.3) is 5.91 Å². The number of hydrogen-bond donors (Lipinski definition) is 2. The Morgan fingerprint density at radius 1 is 1.20 bits per heavy atom. The predicted molar refractivity (Wildman–Crippen MR) is 116 cm³/mol. The van der Waals surface area contributed by atoms with Crippen LogP contribution in [0, 0.1) is 0 Å². The molecule has 0 unspecified atom stereocenters. The van der Waals surface area contributed by atoms with Gasteiger partial charge in [-0.3, -0.25) is 14.6 Å². The number of benzene rings is 2. The standard InChI is InChI=1S/C22H22ClN3O4/c1-3-25-26-13-17-14(15-8-5-6-11-18(15)23)9-7-10-16(17)21(28)20(26)22(29)24-12-19(27)30-4-2/h3,5-11,28H,4,12-13H2,1-2H3,(H,24,29)/b25-3-. The number of ether oxygens (including phenoxy) is 1. The van der Waals surface area contributed by atoms with Crippen molar-refractivity contribution in [3.63, 3.8) is 0 Å². The minimum absolute atomic E-state index is 0.0405. The molecule has 0 atom stereocenters. The number of amides is 1. The fourth-order valence-corrected chi connectivity index (χ4v) is 3.54. The molecule has 3 rings (SSSR count). The zero-order valence-corrected chi connectivity index (χ0v) is 17.4. The third kappa shape index (κ3) is 4.31. The maximum Gasteiger partial charge on any atom is 0.325 e. The number of nitrogens with zero attached hydrogens (tertiary/aromatic N) is 2. The normalized spacial score (nSPS) is 13.4. The summed E-state index contributed by atoms with van der Waals surface area (Å²) in [4.78, 5) is 24.3. The fourth-order valence-electron chi connectivity index (χ4n) is 3.30. The van der Waals surface area contributed by atoms with Crippen LogP contribution >= 0.6 is 11.6 Å². The van der Waals surface area contributed by atoms with E-state index in [2.05, 4.69) is 10.4 Å². The minimum atomic E-state index is -0.625. The second-order valence-electron chi connectivity index (χ2n) is 6.43. The van der Waals surface area contributed by atoms with Gasteiger partial charge in [0.2, 0.25) is 0 Å². The first kappa shape index (κ1) is 21.4. The van der Waals surface area contributed by atoms with Crippen molar-refractivity contribution in [2.24, 2.45) is 5.10 Å². The quantitative estimate of drug-likeness (QED) is 0.541. The van der Waals surface area contributed by atoms with E-state index in [1.165, 1.54) is 11.2 Å². The molecule has 156 valence electrons. The van der Waals surface area contributed by atoms with Gasteiger partial charge < -0.3 is 15.2 Å². The third-order valence-electron chi connectivity index (χ3n) is 4.55. The van der Waals surface area contributed by atoms with Crippen molar-refractivity contribution in [1.29, 1.82) is 0 Å². The first-order valence-electron chi connectivity index (χ1n) is 9.48. The van der Waals surface area contributed by atoms with Gasteiger partial charge in [0.1, 0.15) is 6.54 Å². The van der Waals surface area contributed by atoms with Crippen LogP contribution in [0.5, 0.6) is 0 Å². The van der Waals surface area contributed by atoms with E-state index < -0.39 is 11.9 Å². The number of carbonyl (C=O) groups excluding carboxylic acids is 2. The third-order valence-corrected chi connectivity index (χ3v) is 4.88. The summed E-state index contributed by atoms with van der Waals surface area (Å²) in [6.07, 6.45) is 1.52. The Morgan fingerprint density at radius 2 is 1.90 bits per heavy atom. The molecule has 1 heterocycles. The van der Waals surface area contributed by atoms with Crippen molar-refractivity contribution in [2.75, 3.05) is 13.2 Å². The summed E-state index contributed by atoms with van der Waals surface area (Å²) in [5.74, 6) is -1.41. The Morgan fingerprint density at radius 3 is 2.60 bits per heavy atom. The lowest BCUT2D eigenvalue weighted by Gasteiger charge is -2.30. The summed E-state index contributed by atoms with van der Waals surface area (Å²) in [7, 11) is 0. The van der Waals surface area contributed by atoms with E-state index in [4.69, 9.17) is 16.3 Å². The molecule has 0 aromatic heterocycles. The molecule has 7 nitrogen and oxygen atoms in total. The molecule has 2 aromatic rings. The highest BCUT2D eigenvalue weighted by Gasteiger charge is 2.31. The Balaban J connectivity index is 2.04. The van der Waals surface area contributed by atoms with Gasteiger partial charge in [-0.1, -0.05) is 48.0 Å². The summed E-state index contributed by atoms with van der Waals surface area (Å²) in [6, 6.07) is 12.9. The summed E-state index contributed by atoms with van der Waals surface area (Å²) in [5, 5.41) is 19.6. The number of fused-ring (bicyclic) bond motifs is 1. The van der Waals surface area contributed by atoms with Crippen LogP contribution in [0.15, 0.2) is 53.3 Å². The van der Waals surface area contributed by atoms with Crippen LogP contribution in [0.1, 0.15) is 25.0 Å². The first-order chi connectivity index (χ1) is 14.5. The molecule has 30 heavy (non-hydrogen) atoms. The summed E-state index contributed by atoms with van der Waals surface area (Å²) < 4.78 is 4.83. The molecule has 0 saturated heterocycles. The number of nitrogens with one attached hydrogen (secondary N) is 1. The van der Waals surface area contributed by atoms with Crippen molar-refractivity contribution in [3.8, 4) is 11.1 Å². The molecule has 2 aromatic carbocycles. The molecule has 0 radical (unpaired) electrons. The second-order valence-corrected chi connectivity index (χ2v) is 6.83. The smallest absolute Gasteiger partial charge is 0.325 e. The SMILES string of the molecule is C/C=N\N1Cc2c(cccc2-c2ccccc2Cl)C(O)=C1C(=O)NCC(=O)OCC. The number of esters is 1. The van der Waals surface area contributed by atoms with Crippen LogP contribution in [0.2, 0.25) is 5.02 Å². The monoisotopic (exact) mass is 427 g/mol. The Labute approximate surface area is 179 Å². The van der Waals surface area contributed by atoms with Crippen LogP contribution in [0.25, 0.3) is 16.9 Å². The maximum absolute atomic E-state index is 12.7. The van der Waals surface area contributed by atoms with Gasteiger partial charge in [0, 0.05) is 22.4 Å². The zero-order valence-electron chi connectivity index (χ0n) is 16.7. The molecule has 1 amide bonds. The Hall–Kier alpha value is -3.32. The highest BCUT2D eigenvalue weighted by atomic mass is 35.5. The van der Waals surface area contributed by atoms with Crippen LogP contribution < -0.4 is 5.32 Å². The predicted octanol–water partition coefficient (Wildman–Crippen LogP) is 3.73. The minimum Gasteiger partial charge on any atom is -0.505 e. The van der Waals surface area contributed by atoms with Crippen molar-refractivity contribution >= 4 is 35.5 Å². The second kappa shape index (κ2) is 9.45. The van der Waals surface area contributed by atoms with Crippen molar-refractivity contribution < 1.29 is 19.4 Å². The number of aliphatic hydroxyl groups is 1. The maximum atomic E-state index is 12.7.